The van der Waals surface area contributed by atoms with E-state index in [4.69, 9.17) is 11.6 Å². The third-order valence-electron chi connectivity index (χ3n) is 3.23. The van der Waals surface area contributed by atoms with Crippen LogP contribution in [0.15, 0.2) is 0 Å². The van der Waals surface area contributed by atoms with Crippen LogP contribution in [-0.4, -0.2) is 31.8 Å². The molecule has 0 fully saturated rings. The van der Waals surface area contributed by atoms with E-state index in [2.05, 4.69) is 15.4 Å². The molecule has 0 bridgehead atoms. The van der Waals surface area contributed by atoms with Crippen LogP contribution in [0.4, 0.5) is 0 Å². The number of rotatable bonds is 6. The van der Waals surface area contributed by atoms with Crippen molar-refractivity contribution in [2.45, 2.75) is 46.2 Å². The SMILES string of the molecule is CCNC(=O)CCn1c(CCl)nc2c(C)nn(CC)c21. The highest BCUT2D eigenvalue weighted by molar-refractivity contribution is 6.16. The quantitative estimate of drug-likeness (QED) is 0.827. The average molecular weight is 298 g/mol. The molecule has 2 rings (SSSR count). The van der Waals surface area contributed by atoms with Crippen LogP contribution in [-0.2, 0) is 23.8 Å². The van der Waals surface area contributed by atoms with Crippen molar-refractivity contribution in [3.63, 3.8) is 0 Å². The van der Waals surface area contributed by atoms with Crippen molar-refractivity contribution in [1.29, 1.82) is 0 Å². The van der Waals surface area contributed by atoms with Crippen LogP contribution in [0.2, 0.25) is 0 Å². The van der Waals surface area contributed by atoms with Crippen molar-refractivity contribution >= 4 is 28.7 Å². The number of nitrogens with one attached hydrogen (secondary N) is 1. The smallest absolute Gasteiger partial charge is 0.221 e. The monoisotopic (exact) mass is 297 g/mol. The molecule has 0 saturated heterocycles. The van der Waals surface area contributed by atoms with Crippen LogP contribution < -0.4 is 5.32 Å². The molecule has 2 aromatic rings. The molecule has 0 aromatic carbocycles. The fourth-order valence-corrected chi connectivity index (χ4v) is 2.53. The van der Waals surface area contributed by atoms with Crippen molar-refractivity contribution in [3.05, 3.63) is 11.5 Å². The van der Waals surface area contributed by atoms with Gasteiger partial charge in [-0.3, -0.25) is 4.79 Å². The van der Waals surface area contributed by atoms with E-state index in [-0.39, 0.29) is 5.91 Å². The Kier molecular flexibility index (Phi) is 4.65. The molecule has 6 nitrogen and oxygen atoms in total. The number of alkyl halides is 1. The maximum atomic E-state index is 11.6. The summed E-state index contributed by atoms with van der Waals surface area (Å²) in [5, 5.41) is 7.26. The molecule has 0 aliphatic heterocycles. The van der Waals surface area contributed by atoms with Crippen molar-refractivity contribution in [2.24, 2.45) is 0 Å². The summed E-state index contributed by atoms with van der Waals surface area (Å²) < 4.78 is 3.91. The summed E-state index contributed by atoms with van der Waals surface area (Å²) in [6, 6.07) is 0. The minimum atomic E-state index is 0.0363. The van der Waals surface area contributed by atoms with Crippen molar-refractivity contribution < 1.29 is 4.79 Å². The van der Waals surface area contributed by atoms with Crippen LogP contribution in [0.25, 0.3) is 11.2 Å². The molecule has 0 radical (unpaired) electrons. The molecule has 0 unspecified atom stereocenters. The Labute approximate surface area is 123 Å². The number of hydrogen-bond donors (Lipinski definition) is 1. The number of halogens is 1. The second-order valence-electron chi connectivity index (χ2n) is 4.59. The molecular weight excluding hydrogens is 278 g/mol. The summed E-state index contributed by atoms with van der Waals surface area (Å²) in [5.41, 5.74) is 2.72. The molecule has 0 aliphatic rings. The van der Waals surface area contributed by atoms with Crippen molar-refractivity contribution in [3.8, 4) is 0 Å². The molecule has 0 atom stereocenters. The third-order valence-corrected chi connectivity index (χ3v) is 3.47. The molecule has 20 heavy (non-hydrogen) atoms. The average Bonchev–Trinajstić information content (AvgIpc) is 2.94. The molecule has 7 heteroatoms. The molecule has 1 N–H and O–H groups in total. The van der Waals surface area contributed by atoms with Gasteiger partial charge in [-0.2, -0.15) is 5.10 Å². The van der Waals surface area contributed by atoms with Crippen LogP contribution in [0.3, 0.4) is 0 Å². The van der Waals surface area contributed by atoms with Gasteiger partial charge in [0.15, 0.2) is 5.65 Å². The number of carbonyl (C=O) groups excluding carboxylic acids is 1. The van der Waals surface area contributed by atoms with Gasteiger partial charge in [0.2, 0.25) is 5.91 Å². The molecule has 0 aliphatic carbocycles. The highest BCUT2D eigenvalue weighted by Gasteiger charge is 2.18. The van der Waals surface area contributed by atoms with Gasteiger partial charge in [0.1, 0.15) is 11.3 Å². The fourth-order valence-electron chi connectivity index (χ4n) is 2.33. The lowest BCUT2D eigenvalue weighted by atomic mass is 10.3. The second-order valence-corrected chi connectivity index (χ2v) is 4.86. The van der Waals surface area contributed by atoms with E-state index in [1.54, 1.807) is 0 Å². The second kappa shape index (κ2) is 6.26. The van der Waals surface area contributed by atoms with E-state index in [0.717, 1.165) is 29.2 Å². The summed E-state index contributed by atoms with van der Waals surface area (Å²) in [5.74, 6) is 1.15. The molecule has 1 amide bonds. The molecule has 110 valence electrons. The van der Waals surface area contributed by atoms with Gasteiger partial charge >= 0.3 is 0 Å². The number of amides is 1. The Balaban J connectivity index is 2.36. The minimum absolute atomic E-state index is 0.0363. The lowest BCUT2D eigenvalue weighted by Gasteiger charge is -2.09. The molecule has 0 saturated carbocycles. The first-order valence-corrected chi connectivity index (χ1v) is 7.40. The minimum Gasteiger partial charge on any atom is -0.356 e. The summed E-state index contributed by atoms with van der Waals surface area (Å²) in [7, 11) is 0. The Bertz CT molecular complexity index is 616. The van der Waals surface area contributed by atoms with E-state index in [1.165, 1.54) is 0 Å². The lowest BCUT2D eigenvalue weighted by Crippen LogP contribution is -2.24. The topological polar surface area (TPSA) is 64.7 Å². The van der Waals surface area contributed by atoms with Gasteiger partial charge in [-0.15, -0.1) is 11.6 Å². The highest BCUT2D eigenvalue weighted by atomic mass is 35.5. The van der Waals surface area contributed by atoms with Gasteiger partial charge in [-0.25, -0.2) is 9.67 Å². The van der Waals surface area contributed by atoms with Crippen molar-refractivity contribution in [2.75, 3.05) is 6.54 Å². The number of aromatic nitrogens is 4. The standard InChI is InChI=1S/C13H20ClN5O/c1-4-15-11(20)6-7-18-10(8-14)16-12-9(3)17-19(5-2)13(12)18/h4-8H2,1-3H3,(H,15,20). The Hall–Kier alpha value is -1.56. The van der Waals surface area contributed by atoms with Gasteiger partial charge in [0, 0.05) is 26.1 Å². The van der Waals surface area contributed by atoms with Crippen LogP contribution in [0, 0.1) is 6.92 Å². The summed E-state index contributed by atoms with van der Waals surface area (Å²) >= 11 is 5.97. The lowest BCUT2D eigenvalue weighted by molar-refractivity contribution is -0.121. The van der Waals surface area contributed by atoms with E-state index in [0.29, 0.717) is 25.4 Å². The van der Waals surface area contributed by atoms with Gasteiger partial charge in [-0.1, -0.05) is 0 Å². The third kappa shape index (κ3) is 2.65. The van der Waals surface area contributed by atoms with Crippen molar-refractivity contribution in [1.82, 2.24) is 24.6 Å². The van der Waals surface area contributed by atoms with E-state index in [9.17, 15) is 4.79 Å². The molecule has 2 heterocycles. The Morgan fingerprint density at radius 1 is 1.40 bits per heavy atom. The number of hydrogen-bond acceptors (Lipinski definition) is 3. The summed E-state index contributed by atoms with van der Waals surface area (Å²) in [6.07, 6.45) is 0.414. The first kappa shape index (κ1) is 14.8. The maximum Gasteiger partial charge on any atom is 0.221 e. The Morgan fingerprint density at radius 2 is 2.15 bits per heavy atom. The van der Waals surface area contributed by atoms with Crippen LogP contribution >= 0.6 is 11.6 Å². The summed E-state index contributed by atoms with van der Waals surface area (Å²) in [4.78, 5) is 16.2. The number of aryl methyl sites for hydroxylation is 3. The number of carbonyl (C=O) groups is 1. The molecular formula is C13H20ClN5O. The van der Waals surface area contributed by atoms with E-state index >= 15 is 0 Å². The molecule has 0 spiro atoms. The van der Waals surface area contributed by atoms with Crippen LogP contribution in [0.5, 0.6) is 0 Å². The van der Waals surface area contributed by atoms with E-state index in [1.807, 2.05) is 30.0 Å². The first-order chi connectivity index (χ1) is 9.62. The zero-order chi connectivity index (χ0) is 14.7. The predicted octanol–water partition coefficient (Wildman–Crippen LogP) is 1.83. The van der Waals surface area contributed by atoms with Gasteiger partial charge in [-0.05, 0) is 20.8 Å². The zero-order valence-corrected chi connectivity index (χ0v) is 12.9. The Morgan fingerprint density at radius 3 is 2.75 bits per heavy atom. The normalized spacial score (nSPS) is 11.2. The predicted molar refractivity (Wildman–Crippen MR) is 78.8 cm³/mol. The van der Waals surface area contributed by atoms with E-state index < -0.39 is 0 Å². The number of nitrogens with zero attached hydrogens (tertiary/aromatic N) is 4. The van der Waals surface area contributed by atoms with Crippen LogP contribution in [0.1, 0.15) is 31.8 Å². The number of fused-ring (bicyclic) bond motifs is 1. The fraction of sp³-hybridized carbons (Fsp3) is 0.615. The largest absolute Gasteiger partial charge is 0.356 e. The zero-order valence-electron chi connectivity index (χ0n) is 12.1. The van der Waals surface area contributed by atoms with Gasteiger partial charge < -0.3 is 9.88 Å². The first-order valence-electron chi connectivity index (χ1n) is 6.87. The highest BCUT2D eigenvalue weighted by Crippen LogP contribution is 2.21. The summed E-state index contributed by atoms with van der Waals surface area (Å²) in [6.45, 7) is 7.86. The van der Waals surface area contributed by atoms with Gasteiger partial charge in [0.05, 0.1) is 11.6 Å². The maximum absolute atomic E-state index is 11.6. The molecule has 2 aromatic heterocycles. The van der Waals surface area contributed by atoms with Gasteiger partial charge in [0.25, 0.3) is 0 Å². The number of imidazole rings is 1.